The smallest absolute Gasteiger partial charge is 0.306 e. The van der Waals surface area contributed by atoms with Crippen molar-refractivity contribution < 1.29 is 19.2 Å². The number of aliphatic hydroxyl groups excluding tert-OH is 1. The molecule has 106 valence electrons. The number of halogens is 1. The van der Waals surface area contributed by atoms with Crippen molar-refractivity contribution in [2.75, 3.05) is 6.61 Å². The average Bonchev–Trinajstić information content (AvgIpc) is 2.86. The number of rotatable bonds is 6. The lowest BCUT2D eigenvalue weighted by molar-refractivity contribution is -0.385. The molecule has 8 heteroatoms. The number of ether oxygens (including phenoxy) is 1. The predicted molar refractivity (Wildman–Crippen MR) is 66.8 cm³/mol. The fraction of sp³-hybridized carbons (Fsp3) is 0.250. The first-order valence-electron chi connectivity index (χ1n) is 5.78. The Balaban J connectivity index is 1.87. The van der Waals surface area contributed by atoms with E-state index in [1.165, 1.54) is 29.1 Å². The van der Waals surface area contributed by atoms with Gasteiger partial charge in [-0.25, -0.2) is 4.39 Å². The van der Waals surface area contributed by atoms with Gasteiger partial charge in [0.2, 0.25) is 0 Å². The summed E-state index contributed by atoms with van der Waals surface area (Å²) in [6.45, 7) is -0.128. The highest BCUT2D eigenvalue weighted by atomic mass is 19.1. The number of hydrogen-bond donors (Lipinski definition) is 1. The van der Waals surface area contributed by atoms with Crippen molar-refractivity contribution in [3.8, 4) is 5.75 Å². The molecule has 0 amide bonds. The van der Waals surface area contributed by atoms with Crippen LogP contribution in [-0.2, 0) is 6.54 Å². The lowest BCUT2D eigenvalue weighted by Crippen LogP contribution is -2.24. The maximum atomic E-state index is 13.3. The van der Waals surface area contributed by atoms with Crippen LogP contribution in [0.4, 0.5) is 10.1 Å². The Labute approximate surface area is 113 Å². The highest BCUT2D eigenvalue weighted by Gasteiger charge is 2.13. The van der Waals surface area contributed by atoms with Crippen LogP contribution in [0.2, 0.25) is 0 Å². The summed E-state index contributed by atoms with van der Waals surface area (Å²) in [7, 11) is 0. The predicted octanol–water partition coefficient (Wildman–Crippen LogP) is 1.37. The van der Waals surface area contributed by atoms with Crippen molar-refractivity contribution in [1.29, 1.82) is 0 Å². The van der Waals surface area contributed by atoms with E-state index >= 15 is 0 Å². The molecule has 7 nitrogen and oxygen atoms in total. The third-order valence-corrected chi connectivity index (χ3v) is 2.50. The SMILES string of the molecule is O=[N+]([O-])c1cnn(CC(O)COc2ccccc2F)c1. The highest BCUT2D eigenvalue weighted by Crippen LogP contribution is 2.15. The molecule has 1 aromatic carbocycles. The molecule has 1 unspecified atom stereocenters. The Hall–Kier alpha value is -2.48. The Bertz CT molecular complexity index is 602. The molecule has 1 N–H and O–H groups in total. The van der Waals surface area contributed by atoms with Gasteiger partial charge in [0.25, 0.3) is 0 Å². The van der Waals surface area contributed by atoms with Crippen LogP contribution in [-0.4, -0.2) is 32.5 Å². The minimum atomic E-state index is -0.964. The number of hydrogen-bond acceptors (Lipinski definition) is 5. The fourth-order valence-electron chi connectivity index (χ4n) is 1.56. The molecule has 1 heterocycles. The second-order valence-corrected chi connectivity index (χ2v) is 4.07. The molecule has 2 aromatic rings. The van der Waals surface area contributed by atoms with Gasteiger partial charge >= 0.3 is 5.69 Å². The number of benzene rings is 1. The van der Waals surface area contributed by atoms with Gasteiger partial charge in [-0.15, -0.1) is 0 Å². The first-order valence-corrected chi connectivity index (χ1v) is 5.78. The van der Waals surface area contributed by atoms with Gasteiger partial charge in [-0.3, -0.25) is 14.8 Å². The van der Waals surface area contributed by atoms with Gasteiger partial charge in [0, 0.05) is 0 Å². The molecule has 0 radical (unpaired) electrons. The summed E-state index contributed by atoms with van der Waals surface area (Å²) in [5.74, 6) is -0.479. The number of aromatic nitrogens is 2. The van der Waals surface area contributed by atoms with Crippen molar-refractivity contribution in [1.82, 2.24) is 9.78 Å². The third-order valence-electron chi connectivity index (χ3n) is 2.50. The molecular formula is C12H12FN3O4. The zero-order chi connectivity index (χ0) is 14.5. The van der Waals surface area contributed by atoms with Crippen LogP contribution in [0, 0.1) is 15.9 Å². The van der Waals surface area contributed by atoms with E-state index in [9.17, 15) is 19.6 Å². The quantitative estimate of drug-likeness (QED) is 0.638. The average molecular weight is 281 g/mol. The largest absolute Gasteiger partial charge is 0.488 e. The number of nitro groups is 1. The van der Waals surface area contributed by atoms with E-state index in [0.29, 0.717) is 0 Å². The fourth-order valence-corrected chi connectivity index (χ4v) is 1.56. The van der Waals surface area contributed by atoms with Crippen LogP contribution in [0.5, 0.6) is 5.75 Å². The Kier molecular flexibility index (Phi) is 4.26. The molecule has 2 rings (SSSR count). The zero-order valence-corrected chi connectivity index (χ0v) is 10.3. The van der Waals surface area contributed by atoms with Crippen molar-refractivity contribution in [2.45, 2.75) is 12.6 Å². The summed E-state index contributed by atoms with van der Waals surface area (Å²) in [4.78, 5) is 9.89. The zero-order valence-electron chi connectivity index (χ0n) is 10.3. The summed E-state index contributed by atoms with van der Waals surface area (Å²) in [5.41, 5.74) is -0.160. The third kappa shape index (κ3) is 3.51. The summed E-state index contributed by atoms with van der Waals surface area (Å²) < 4.78 is 19.6. The van der Waals surface area contributed by atoms with E-state index in [2.05, 4.69) is 5.10 Å². The summed E-state index contributed by atoms with van der Waals surface area (Å²) in [6.07, 6.45) is 1.32. The lowest BCUT2D eigenvalue weighted by atomic mass is 10.3. The number of nitrogens with zero attached hydrogens (tertiary/aromatic N) is 3. The van der Waals surface area contributed by atoms with Crippen molar-refractivity contribution in [3.05, 3.63) is 52.6 Å². The van der Waals surface area contributed by atoms with Gasteiger partial charge < -0.3 is 9.84 Å². The topological polar surface area (TPSA) is 90.4 Å². The van der Waals surface area contributed by atoms with Gasteiger partial charge in [0.05, 0.1) is 11.5 Å². The molecule has 0 bridgehead atoms. The summed E-state index contributed by atoms with van der Waals surface area (Å²) >= 11 is 0. The Morgan fingerprint density at radius 3 is 2.90 bits per heavy atom. The number of aliphatic hydroxyl groups is 1. The van der Waals surface area contributed by atoms with Crippen LogP contribution in [0.15, 0.2) is 36.7 Å². The van der Waals surface area contributed by atoms with Gasteiger partial charge in [0.1, 0.15) is 25.1 Å². The minimum Gasteiger partial charge on any atom is -0.488 e. The summed E-state index contributed by atoms with van der Waals surface area (Å²) in [5, 5.41) is 23.9. The molecule has 0 saturated carbocycles. The lowest BCUT2D eigenvalue weighted by Gasteiger charge is -2.12. The molecule has 0 aliphatic rings. The van der Waals surface area contributed by atoms with Crippen LogP contribution < -0.4 is 4.74 Å². The number of para-hydroxylation sites is 1. The van der Waals surface area contributed by atoms with E-state index in [0.717, 1.165) is 6.20 Å². The van der Waals surface area contributed by atoms with E-state index in [1.54, 1.807) is 6.07 Å². The van der Waals surface area contributed by atoms with Gasteiger partial charge in [-0.05, 0) is 12.1 Å². The van der Waals surface area contributed by atoms with Gasteiger partial charge in [0.15, 0.2) is 11.6 Å². The second-order valence-electron chi connectivity index (χ2n) is 4.07. The summed E-state index contributed by atoms with van der Waals surface area (Å²) in [6, 6.07) is 5.84. The van der Waals surface area contributed by atoms with Crippen LogP contribution in [0.3, 0.4) is 0 Å². The molecule has 1 aromatic heterocycles. The van der Waals surface area contributed by atoms with Gasteiger partial charge in [-0.2, -0.15) is 5.10 Å². The maximum absolute atomic E-state index is 13.3. The molecule has 0 fully saturated rings. The van der Waals surface area contributed by atoms with Crippen molar-refractivity contribution >= 4 is 5.69 Å². The first kappa shape index (κ1) is 13.9. The van der Waals surface area contributed by atoms with Crippen molar-refractivity contribution in [2.24, 2.45) is 0 Å². The van der Waals surface area contributed by atoms with Crippen LogP contribution >= 0.6 is 0 Å². The monoisotopic (exact) mass is 281 g/mol. The Morgan fingerprint density at radius 1 is 1.50 bits per heavy atom. The Morgan fingerprint density at radius 2 is 2.25 bits per heavy atom. The van der Waals surface area contributed by atoms with E-state index in [4.69, 9.17) is 4.74 Å². The molecular weight excluding hydrogens is 269 g/mol. The molecule has 0 aliphatic carbocycles. The molecule has 1 atom stereocenters. The molecule has 20 heavy (non-hydrogen) atoms. The molecule has 0 spiro atoms. The first-order chi connectivity index (χ1) is 9.56. The molecule has 0 saturated heterocycles. The van der Waals surface area contributed by atoms with E-state index < -0.39 is 16.8 Å². The van der Waals surface area contributed by atoms with Crippen LogP contribution in [0.1, 0.15) is 0 Å². The standard InChI is InChI=1S/C12H12FN3O4/c13-11-3-1-2-4-12(11)20-8-10(17)7-15-6-9(5-14-15)16(18)19/h1-6,10,17H,7-8H2. The second kappa shape index (κ2) is 6.11. The van der Waals surface area contributed by atoms with E-state index in [-0.39, 0.29) is 24.6 Å². The van der Waals surface area contributed by atoms with Crippen LogP contribution in [0.25, 0.3) is 0 Å². The van der Waals surface area contributed by atoms with Gasteiger partial charge in [-0.1, -0.05) is 12.1 Å². The van der Waals surface area contributed by atoms with Crippen molar-refractivity contribution in [3.63, 3.8) is 0 Å². The minimum absolute atomic E-state index is 0.0162. The highest BCUT2D eigenvalue weighted by molar-refractivity contribution is 5.23. The van der Waals surface area contributed by atoms with E-state index in [1.807, 2.05) is 0 Å². The maximum Gasteiger partial charge on any atom is 0.306 e. The molecule has 0 aliphatic heterocycles. The normalized spacial score (nSPS) is 12.1.